The van der Waals surface area contributed by atoms with E-state index in [0.717, 1.165) is 54.7 Å². The number of aromatic amines is 1. The molecule has 1 aromatic carbocycles. The number of benzene rings is 1. The van der Waals surface area contributed by atoms with Crippen LogP contribution >= 0.6 is 11.6 Å². The molecular weight excluding hydrogens is 388 g/mol. The highest BCUT2D eigenvalue weighted by Gasteiger charge is 2.19. The van der Waals surface area contributed by atoms with Crippen LogP contribution in [0.25, 0.3) is 11.3 Å². The van der Waals surface area contributed by atoms with E-state index in [4.69, 9.17) is 11.6 Å². The number of anilines is 3. The van der Waals surface area contributed by atoms with Crippen LogP contribution in [0.2, 0.25) is 5.02 Å². The van der Waals surface area contributed by atoms with Crippen LogP contribution in [0.1, 0.15) is 25.5 Å². The van der Waals surface area contributed by atoms with Crippen molar-refractivity contribution in [2.24, 2.45) is 5.92 Å². The van der Waals surface area contributed by atoms with Crippen molar-refractivity contribution in [3.8, 4) is 11.3 Å². The lowest BCUT2D eigenvalue weighted by atomic mass is 10.00. The van der Waals surface area contributed by atoms with Gasteiger partial charge >= 0.3 is 0 Å². The van der Waals surface area contributed by atoms with E-state index in [9.17, 15) is 4.79 Å². The van der Waals surface area contributed by atoms with E-state index in [-0.39, 0.29) is 5.56 Å². The van der Waals surface area contributed by atoms with E-state index in [2.05, 4.69) is 37.1 Å². The Labute approximate surface area is 174 Å². The summed E-state index contributed by atoms with van der Waals surface area (Å²) in [6, 6.07) is 8.63. The molecule has 0 amide bonds. The van der Waals surface area contributed by atoms with Crippen molar-refractivity contribution in [1.82, 2.24) is 19.9 Å². The largest absolute Gasteiger partial charge is 0.341 e. The average molecular weight is 411 g/mol. The second-order valence-electron chi connectivity index (χ2n) is 7.45. The standard InChI is InChI=1S/C21H23ClN6O/c1-13-7-9-28(10-8-13)21-23-12-17(14(2)24-21)18-11-19(29)27-20(26-18)25-16-5-3-15(22)4-6-16/h3-6,11-13H,7-10H2,1-2H3,(H2,25,26,27,29). The molecule has 1 fully saturated rings. The van der Waals surface area contributed by atoms with E-state index in [1.54, 1.807) is 18.3 Å². The average Bonchev–Trinajstić information content (AvgIpc) is 2.70. The first-order chi connectivity index (χ1) is 14.0. The van der Waals surface area contributed by atoms with Gasteiger partial charge in [0, 0.05) is 41.6 Å². The summed E-state index contributed by atoms with van der Waals surface area (Å²) >= 11 is 5.92. The summed E-state index contributed by atoms with van der Waals surface area (Å²) in [6.07, 6.45) is 4.06. The molecule has 0 saturated carbocycles. The van der Waals surface area contributed by atoms with Crippen molar-refractivity contribution in [3.05, 3.63) is 57.6 Å². The van der Waals surface area contributed by atoms with Gasteiger partial charge in [0.1, 0.15) is 0 Å². The molecule has 0 aliphatic carbocycles. The highest BCUT2D eigenvalue weighted by molar-refractivity contribution is 6.30. The SMILES string of the molecule is Cc1nc(N2CCC(C)CC2)ncc1-c1cc(=O)[nH]c(Nc2ccc(Cl)cc2)n1. The van der Waals surface area contributed by atoms with Crippen LogP contribution < -0.4 is 15.8 Å². The fraction of sp³-hybridized carbons (Fsp3) is 0.333. The normalized spacial score (nSPS) is 14.8. The third-order valence-electron chi connectivity index (χ3n) is 5.16. The Bertz CT molecular complexity index is 1060. The van der Waals surface area contributed by atoms with Gasteiger partial charge in [-0.2, -0.15) is 0 Å². The fourth-order valence-electron chi connectivity index (χ4n) is 3.39. The van der Waals surface area contributed by atoms with Gasteiger partial charge in [-0.3, -0.25) is 9.78 Å². The molecule has 3 heterocycles. The zero-order chi connectivity index (χ0) is 20.4. The summed E-state index contributed by atoms with van der Waals surface area (Å²) in [5.41, 5.74) is 2.59. The first kappa shape index (κ1) is 19.4. The maximum atomic E-state index is 12.2. The molecule has 3 aromatic rings. The van der Waals surface area contributed by atoms with Gasteiger partial charge in [0.15, 0.2) is 0 Å². The van der Waals surface area contributed by atoms with Crippen LogP contribution in [0.15, 0.2) is 41.3 Å². The zero-order valence-corrected chi connectivity index (χ0v) is 17.2. The monoisotopic (exact) mass is 410 g/mol. The number of aryl methyl sites for hydroxylation is 1. The Hall–Kier alpha value is -2.93. The quantitative estimate of drug-likeness (QED) is 0.671. The van der Waals surface area contributed by atoms with Gasteiger partial charge in [0.05, 0.1) is 11.4 Å². The van der Waals surface area contributed by atoms with Crippen LogP contribution in [0.4, 0.5) is 17.6 Å². The smallest absolute Gasteiger partial charge is 0.252 e. The maximum Gasteiger partial charge on any atom is 0.252 e. The summed E-state index contributed by atoms with van der Waals surface area (Å²) in [4.78, 5) is 30.9. The first-order valence-corrected chi connectivity index (χ1v) is 10.1. The van der Waals surface area contributed by atoms with Crippen molar-refractivity contribution in [2.45, 2.75) is 26.7 Å². The fourth-order valence-corrected chi connectivity index (χ4v) is 3.52. The number of halogens is 1. The van der Waals surface area contributed by atoms with E-state index >= 15 is 0 Å². The molecule has 2 N–H and O–H groups in total. The molecule has 8 heteroatoms. The number of rotatable bonds is 4. The predicted molar refractivity (Wildman–Crippen MR) is 116 cm³/mol. The molecule has 1 aliphatic rings. The van der Waals surface area contributed by atoms with Gasteiger partial charge in [0.25, 0.3) is 5.56 Å². The second-order valence-corrected chi connectivity index (χ2v) is 7.89. The lowest BCUT2D eigenvalue weighted by molar-refractivity contribution is 0.434. The van der Waals surface area contributed by atoms with Gasteiger partial charge in [-0.05, 0) is 49.9 Å². The summed E-state index contributed by atoms with van der Waals surface area (Å²) in [7, 11) is 0. The summed E-state index contributed by atoms with van der Waals surface area (Å²) in [5.74, 6) is 1.84. The molecule has 7 nitrogen and oxygen atoms in total. The molecule has 4 rings (SSSR count). The minimum Gasteiger partial charge on any atom is -0.341 e. The van der Waals surface area contributed by atoms with Crippen molar-refractivity contribution >= 4 is 29.2 Å². The number of aromatic nitrogens is 4. The lowest BCUT2D eigenvalue weighted by Crippen LogP contribution is -2.34. The molecule has 0 spiro atoms. The van der Waals surface area contributed by atoms with Gasteiger partial charge in [-0.15, -0.1) is 0 Å². The van der Waals surface area contributed by atoms with Crippen molar-refractivity contribution in [3.63, 3.8) is 0 Å². The summed E-state index contributed by atoms with van der Waals surface area (Å²) in [5, 5.41) is 3.73. The maximum absolute atomic E-state index is 12.2. The predicted octanol–water partition coefficient (Wildman–Crippen LogP) is 4.17. The molecule has 2 aromatic heterocycles. The second kappa shape index (κ2) is 8.21. The van der Waals surface area contributed by atoms with Crippen molar-refractivity contribution in [2.75, 3.05) is 23.3 Å². The van der Waals surface area contributed by atoms with E-state index in [0.29, 0.717) is 16.7 Å². The topological polar surface area (TPSA) is 86.8 Å². The molecular formula is C21H23ClN6O. The van der Waals surface area contributed by atoms with Gasteiger partial charge < -0.3 is 10.2 Å². The third-order valence-corrected chi connectivity index (χ3v) is 5.41. The Morgan fingerprint density at radius 3 is 2.59 bits per heavy atom. The van der Waals surface area contributed by atoms with Gasteiger partial charge in [-0.25, -0.2) is 15.0 Å². The molecule has 29 heavy (non-hydrogen) atoms. The number of hydrogen-bond donors (Lipinski definition) is 2. The van der Waals surface area contributed by atoms with Crippen LogP contribution in [-0.4, -0.2) is 33.0 Å². The van der Waals surface area contributed by atoms with Crippen molar-refractivity contribution < 1.29 is 0 Å². The molecule has 0 bridgehead atoms. The van der Waals surface area contributed by atoms with Gasteiger partial charge in [-0.1, -0.05) is 18.5 Å². The van der Waals surface area contributed by atoms with Crippen molar-refractivity contribution in [1.29, 1.82) is 0 Å². The van der Waals surface area contributed by atoms with Crippen LogP contribution in [0.5, 0.6) is 0 Å². The molecule has 1 aliphatic heterocycles. The molecule has 0 unspecified atom stereocenters. The molecule has 0 atom stereocenters. The first-order valence-electron chi connectivity index (χ1n) is 9.71. The van der Waals surface area contributed by atoms with E-state index in [1.807, 2.05) is 19.1 Å². The summed E-state index contributed by atoms with van der Waals surface area (Å²) < 4.78 is 0. The third kappa shape index (κ3) is 4.56. The van der Waals surface area contributed by atoms with Gasteiger partial charge in [0.2, 0.25) is 11.9 Å². The van der Waals surface area contributed by atoms with E-state index in [1.165, 1.54) is 6.07 Å². The Kier molecular flexibility index (Phi) is 5.49. The van der Waals surface area contributed by atoms with Crippen LogP contribution in [0.3, 0.4) is 0 Å². The Balaban J connectivity index is 1.60. The minimum atomic E-state index is -0.250. The number of nitrogens with zero attached hydrogens (tertiary/aromatic N) is 4. The number of H-pyrrole nitrogens is 1. The van der Waals surface area contributed by atoms with Crippen LogP contribution in [0, 0.1) is 12.8 Å². The van der Waals surface area contributed by atoms with Crippen LogP contribution in [-0.2, 0) is 0 Å². The molecule has 150 valence electrons. The number of piperidine rings is 1. The Morgan fingerprint density at radius 2 is 1.90 bits per heavy atom. The number of hydrogen-bond acceptors (Lipinski definition) is 6. The zero-order valence-electron chi connectivity index (χ0n) is 16.4. The van der Waals surface area contributed by atoms with E-state index < -0.39 is 0 Å². The highest BCUT2D eigenvalue weighted by atomic mass is 35.5. The summed E-state index contributed by atoms with van der Waals surface area (Å²) in [6.45, 7) is 6.14. The molecule has 1 saturated heterocycles. The Morgan fingerprint density at radius 1 is 1.17 bits per heavy atom. The lowest BCUT2D eigenvalue weighted by Gasteiger charge is -2.30. The highest BCUT2D eigenvalue weighted by Crippen LogP contribution is 2.25. The number of nitrogens with one attached hydrogen (secondary N) is 2. The minimum absolute atomic E-state index is 0.250. The molecule has 0 radical (unpaired) electrons.